The molecule has 1 heterocycles. The topological polar surface area (TPSA) is 30.3 Å². The normalized spacial score (nSPS) is 17.9. The number of thioether (sulfide) groups is 1. The maximum atomic E-state index is 9.17. The molecule has 108 valence electrons. The molecule has 0 unspecified atom stereocenters. The molecule has 1 fully saturated rings. The average molecular weight is 289 g/mol. The number of benzene rings is 1. The van der Waals surface area contributed by atoms with Crippen LogP contribution in [0.3, 0.4) is 0 Å². The molecule has 1 aliphatic rings. The van der Waals surface area contributed by atoms with Crippen LogP contribution in [0.15, 0.2) is 35.2 Å². The SMILES string of the molecule is CC(C)(C#N)N1CCN(CCSc2ccccc2)CC1. The van der Waals surface area contributed by atoms with Crippen LogP contribution >= 0.6 is 11.8 Å². The van der Waals surface area contributed by atoms with Gasteiger partial charge in [0.1, 0.15) is 5.54 Å². The predicted molar refractivity (Wildman–Crippen MR) is 84.9 cm³/mol. The summed E-state index contributed by atoms with van der Waals surface area (Å²) in [6.07, 6.45) is 0. The first-order valence-electron chi connectivity index (χ1n) is 7.18. The smallest absolute Gasteiger partial charge is 0.103 e. The summed E-state index contributed by atoms with van der Waals surface area (Å²) in [4.78, 5) is 6.13. The van der Waals surface area contributed by atoms with Crippen LogP contribution in [0.1, 0.15) is 13.8 Å². The Morgan fingerprint density at radius 1 is 1.15 bits per heavy atom. The third-order valence-electron chi connectivity index (χ3n) is 3.86. The Hall–Kier alpha value is -1.02. The van der Waals surface area contributed by atoms with E-state index in [4.69, 9.17) is 0 Å². The Kier molecular flexibility index (Phi) is 5.47. The summed E-state index contributed by atoms with van der Waals surface area (Å²) >= 11 is 1.92. The molecule has 0 N–H and O–H groups in total. The molecule has 0 spiro atoms. The summed E-state index contributed by atoms with van der Waals surface area (Å²) < 4.78 is 0. The van der Waals surface area contributed by atoms with Gasteiger partial charge in [0, 0.05) is 43.4 Å². The monoisotopic (exact) mass is 289 g/mol. The van der Waals surface area contributed by atoms with Gasteiger partial charge in [-0.2, -0.15) is 5.26 Å². The molecule has 0 amide bonds. The molecule has 1 aromatic rings. The van der Waals surface area contributed by atoms with E-state index in [0.717, 1.165) is 38.5 Å². The summed E-state index contributed by atoms with van der Waals surface area (Å²) in [5, 5.41) is 9.17. The van der Waals surface area contributed by atoms with Gasteiger partial charge in [-0.05, 0) is 26.0 Å². The molecule has 20 heavy (non-hydrogen) atoms. The van der Waals surface area contributed by atoms with Crippen LogP contribution < -0.4 is 0 Å². The van der Waals surface area contributed by atoms with Gasteiger partial charge in [0.2, 0.25) is 0 Å². The highest BCUT2D eigenvalue weighted by atomic mass is 32.2. The van der Waals surface area contributed by atoms with Crippen molar-refractivity contribution in [2.45, 2.75) is 24.3 Å². The highest BCUT2D eigenvalue weighted by Crippen LogP contribution is 2.19. The zero-order chi connectivity index (χ0) is 14.4. The highest BCUT2D eigenvalue weighted by molar-refractivity contribution is 7.99. The third kappa shape index (κ3) is 4.24. The van der Waals surface area contributed by atoms with Gasteiger partial charge in [0.25, 0.3) is 0 Å². The summed E-state index contributed by atoms with van der Waals surface area (Å²) in [7, 11) is 0. The van der Waals surface area contributed by atoms with E-state index in [-0.39, 0.29) is 5.54 Å². The standard InChI is InChI=1S/C16H23N3S/c1-16(2,14-17)19-10-8-18(9-11-19)12-13-20-15-6-4-3-5-7-15/h3-7H,8-13H2,1-2H3. The summed E-state index contributed by atoms with van der Waals surface area (Å²) in [6, 6.07) is 13.0. The predicted octanol–water partition coefficient (Wildman–Crippen LogP) is 2.70. The van der Waals surface area contributed by atoms with Gasteiger partial charge < -0.3 is 0 Å². The molecule has 0 atom stereocenters. The van der Waals surface area contributed by atoms with Crippen molar-refractivity contribution in [1.82, 2.24) is 9.80 Å². The minimum atomic E-state index is -0.328. The van der Waals surface area contributed by atoms with E-state index in [1.165, 1.54) is 4.90 Å². The van der Waals surface area contributed by atoms with E-state index in [9.17, 15) is 5.26 Å². The molecule has 1 aliphatic heterocycles. The zero-order valence-electron chi connectivity index (χ0n) is 12.4. The molecule has 0 radical (unpaired) electrons. The fraction of sp³-hybridized carbons (Fsp3) is 0.562. The number of hydrogen-bond donors (Lipinski definition) is 0. The molecule has 0 bridgehead atoms. The third-order valence-corrected chi connectivity index (χ3v) is 4.85. The van der Waals surface area contributed by atoms with Crippen molar-refractivity contribution in [2.24, 2.45) is 0 Å². The fourth-order valence-corrected chi connectivity index (χ4v) is 3.35. The van der Waals surface area contributed by atoms with Crippen LogP contribution in [0.25, 0.3) is 0 Å². The van der Waals surface area contributed by atoms with E-state index < -0.39 is 0 Å². The van der Waals surface area contributed by atoms with E-state index in [2.05, 4.69) is 46.2 Å². The first-order chi connectivity index (χ1) is 9.62. The molecule has 3 nitrogen and oxygen atoms in total. The highest BCUT2D eigenvalue weighted by Gasteiger charge is 2.29. The lowest BCUT2D eigenvalue weighted by Crippen LogP contribution is -2.54. The number of rotatable bonds is 5. The molecule has 0 aromatic heterocycles. The number of hydrogen-bond acceptors (Lipinski definition) is 4. The minimum absolute atomic E-state index is 0.328. The van der Waals surface area contributed by atoms with Crippen molar-refractivity contribution < 1.29 is 0 Å². The Labute approximate surface area is 126 Å². The van der Waals surface area contributed by atoms with Gasteiger partial charge >= 0.3 is 0 Å². The lowest BCUT2D eigenvalue weighted by Gasteiger charge is -2.40. The van der Waals surface area contributed by atoms with Crippen LogP contribution in [-0.4, -0.2) is 53.8 Å². The van der Waals surface area contributed by atoms with Gasteiger partial charge in [-0.3, -0.25) is 9.80 Å². The lowest BCUT2D eigenvalue weighted by atomic mass is 10.0. The summed E-state index contributed by atoms with van der Waals surface area (Å²) in [5.74, 6) is 1.13. The van der Waals surface area contributed by atoms with Gasteiger partial charge in [-0.1, -0.05) is 18.2 Å². The average Bonchev–Trinajstić information content (AvgIpc) is 2.49. The van der Waals surface area contributed by atoms with Crippen LogP contribution in [0.2, 0.25) is 0 Å². The Morgan fingerprint density at radius 3 is 2.40 bits per heavy atom. The van der Waals surface area contributed by atoms with Crippen LogP contribution in [0, 0.1) is 11.3 Å². The van der Waals surface area contributed by atoms with E-state index in [1.54, 1.807) is 0 Å². The maximum absolute atomic E-state index is 9.17. The number of piperazine rings is 1. The van der Waals surface area contributed by atoms with Crippen molar-refractivity contribution in [2.75, 3.05) is 38.5 Å². The van der Waals surface area contributed by atoms with Crippen molar-refractivity contribution >= 4 is 11.8 Å². The van der Waals surface area contributed by atoms with Crippen LogP contribution in [0.5, 0.6) is 0 Å². The molecule has 1 aromatic carbocycles. The van der Waals surface area contributed by atoms with Crippen LogP contribution in [0.4, 0.5) is 0 Å². The second-order valence-corrected chi connectivity index (χ2v) is 6.83. The van der Waals surface area contributed by atoms with Crippen molar-refractivity contribution in [1.29, 1.82) is 5.26 Å². The molecule has 4 heteroatoms. The van der Waals surface area contributed by atoms with Gasteiger partial charge in [-0.25, -0.2) is 0 Å². The Balaban J connectivity index is 1.69. The van der Waals surface area contributed by atoms with E-state index in [0.29, 0.717) is 0 Å². The van der Waals surface area contributed by atoms with Crippen molar-refractivity contribution in [3.63, 3.8) is 0 Å². The maximum Gasteiger partial charge on any atom is 0.103 e. The second-order valence-electron chi connectivity index (χ2n) is 5.66. The van der Waals surface area contributed by atoms with E-state index >= 15 is 0 Å². The first kappa shape index (κ1) is 15.4. The molecule has 1 saturated heterocycles. The number of nitriles is 1. The molecule has 2 rings (SSSR count). The number of nitrogens with zero attached hydrogens (tertiary/aromatic N) is 3. The quantitative estimate of drug-likeness (QED) is 0.780. The first-order valence-corrected chi connectivity index (χ1v) is 8.17. The summed E-state index contributed by atoms with van der Waals surface area (Å²) in [6.45, 7) is 9.27. The minimum Gasteiger partial charge on any atom is -0.300 e. The fourth-order valence-electron chi connectivity index (χ4n) is 2.41. The Bertz CT molecular complexity index is 445. The summed E-state index contributed by atoms with van der Waals surface area (Å²) in [5.41, 5.74) is -0.328. The molecule has 0 aliphatic carbocycles. The van der Waals surface area contributed by atoms with Gasteiger partial charge in [0.15, 0.2) is 0 Å². The Morgan fingerprint density at radius 2 is 1.80 bits per heavy atom. The van der Waals surface area contributed by atoms with Crippen molar-refractivity contribution in [3.05, 3.63) is 30.3 Å². The largest absolute Gasteiger partial charge is 0.300 e. The van der Waals surface area contributed by atoms with E-state index in [1.807, 2.05) is 25.6 Å². The lowest BCUT2D eigenvalue weighted by molar-refractivity contribution is 0.0836. The molecule has 0 saturated carbocycles. The van der Waals surface area contributed by atoms with Crippen molar-refractivity contribution in [3.8, 4) is 6.07 Å². The second kappa shape index (κ2) is 7.12. The van der Waals surface area contributed by atoms with Crippen LogP contribution in [-0.2, 0) is 0 Å². The molecular weight excluding hydrogens is 266 g/mol. The zero-order valence-corrected chi connectivity index (χ0v) is 13.2. The van der Waals surface area contributed by atoms with Gasteiger partial charge in [-0.15, -0.1) is 11.8 Å². The van der Waals surface area contributed by atoms with Gasteiger partial charge in [0.05, 0.1) is 6.07 Å². The molecular formula is C16H23N3S.